The summed E-state index contributed by atoms with van der Waals surface area (Å²) in [6.45, 7) is 1.54. The zero-order chi connectivity index (χ0) is 12.6. The zero-order valence-electron chi connectivity index (χ0n) is 9.14. The van der Waals surface area contributed by atoms with Crippen molar-refractivity contribution in [1.29, 1.82) is 0 Å². The topological polar surface area (TPSA) is 80.9 Å². The molecule has 5 nitrogen and oxygen atoms in total. The summed E-state index contributed by atoms with van der Waals surface area (Å²) in [6, 6.07) is 6.21. The minimum atomic E-state index is -0.768. The smallest absolute Gasteiger partial charge is 0.262 e. The number of amides is 1. The molecule has 6 heteroatoms. The molecule has 0 fully saturated rings. The molecule has 1 heterocycles. The Bertz CT molecular complexity index is 702. The third-order valence-electron chi connectivity index (χ3n) is 2.64. The van der Waals surface area contributed by atoms with Crippen LogP contribution in [0.3, 0.4) is 0 Å². The number of carbonyl (C=O) groups is 1. The van der Waals surface area contributed by atoms with Gasteiger partial charge >= 0.3 is 0 Å². The SMILES string of the molecule is CC(C(N)=O)n1c(=S)[nH]c2ccccc2c1=O. The molecular weight excluding hydrogens is 238 g/mol. The fraction of sp³-hybridized carbons (Fsp3) is 0.182. The maximum atomic E-state index is 12.2. The van der Waals surface area contributed by atoms with Crippen molar-refractivity contribution in [2.75, 3.05) is 0 Å². The molecule has 0 saturated heterocycles. The Hall–Kier alpha value is -1.95. The van der Waals surface area contributed by atoms with Crippen LogP contribution in [0.2, 0.25) is 0 Å². The van der Waals surface area contributed by atoms with E-state index in [0.29, 0.717) is 10.9 Å². The molecule has 1 aromatic heterocycles. The van der Waals surface area contributed by atoms with Crippen LogP contribution in [0.25, 0.3) is 10.9 Å². The number of aromatic amines is 1. The van der Waals surface area contributed by atoms with Crippen molar-refractivity contribution < 1.29 is 4.79 Å². The number of rotatable bonds is 2. The average Bonchev–Trinajstić information content (AvgIpc) is 2.28. The number of para-hydroxylation sites is 1. The van der Waals surface area contributed by atoms with Gasteiger partial charge in [-0.3, -0.25) is 14.2 Å². The third kappa shape index (κ3) is 1.87. The summed E-state index contributed by atoms with van der Waals surface area (Å²) in [4.78, 5) is 26.2. The number of benzene rings is 1. The molecule has 0 aliphatic carbocycles. The minimum absolute atomic E-state index is 0.194. The molecule has 2 aromatic rings. The highest BCUT2D eigenvalue weighted by Crippen LogP contribution is 2.09. The molecule has 0 aliphatic heterocycles. The summed E-state index contributed by atoms with van der Waals surface area (Å²) in [5.41, 5.74) is 5.53. The van der Waals surface area contributed by atoms with Gasteiger partial charge in [0.1, 0.15) is 6.04 Å². The van der Waals surface area contributed by atoms with Crippen molar-refractivity contribution in [1.82, 2.24) is 9.55 Å². The molecule has 17 heavy (non-hydrogen) atoms. The van der Waals surface area contributed by atoms with E-state index in [0.717, 1.165) is 0 Å². The Morgan fingerprint density at radius 1 is 1.47 bits per heavy atom. The summed E-state index contributed by atoms with van der Waals surface area (Å²) in [5.74, 6) is -0.595. The molecule has 0 spiro atoms. The summed E-state index contributed by atoms with van der Waals surface area (Å²) < 4.78 is 1.39. The summed E-state index contributed by atoms with van der Waals surface area (Å²) in [6.07, 6.45) is 0. The van der Waals surface area contributed by atoms with E-state index >= 15 is 0 Å². The van der Waals surface area contributed by atoms with Crippen LogP contribution in [0.1, 0.15) is 13.0 Å². The average molecular weight is 249 g/mol. The maximum Gasteiger partial charge on any atom is 0.262 e. The first-order chi connectivity index (χ1) is 8.02. The summed E-state index contributed by atoms with van der Waals surface area (Å²) in [7, 11) is 0. The number of carbonyl (C=O) groups excluding carboxylic acids is 1. The number of hydrogen-bond acceptors (Lipinski definition) is 3. The predicted octanol–water partition coefficient (Wildman–Crippen LogP) is 1.11. The molecule has 3 N–H and O–H groups in total. The van der Waals surface area contributed by atoms with Crippen molar-refractivity contribution >= 4 is 29.0 Å². The molecule has 0 bridgehead atoms. The fourth-order valence-electron chi connectivity index (χ4n) is 1.66. The van der Waals surface area contributed by atoms with Crippen molar-refractivity contribution in [3.05, 3.63) is 39.4 Å². The molecule has 1 unspecified atom stereocenters. The Morgan fingerprint density at radius 2 is 2.12 bits per heavy atom. The van der Waals surface area contributed by atoms with Gasteiger partial charge in [0.15, 0.2) is 4.77 Å². The number of primary amides is 1. The monoisotopic (exact) mass is 249 g/mol. The number of nitrogens with one attached hydrogen (secondary N) is 1. The molecule has 1 atom stereocenters. The number of H-pyrrole nitrogens is 1. The number of nitrogens with two attached hydrogens (primary N) is 1. The van der Waals surface area contributed by atoms with Gasteiger partial charge in [0.05, 0.1) is 10.9 Å². The van der Waals surface area contributed by atoms with E-state index in [1.807, 2.05) is 0 Å². The van der Waals surface area contributed by atoms with E-state index in [1.165, 1.54) is 4.57 Å². The third-order valence-corrected chi connectivity index (χ3v) is 2.93. The lowest BCUT2D eigenvalue weighted by atomic mass is 10.2. The second kappa shape index (κ2) is 4.14. The van der Waals surface area contributed by atoms with Gasteiger partial charge in [-0.2, -0.15) is 0 Å². The van der Waals surface area contributed by atoms with Crippen molar-refractivity contribution in [3.8, 4) is 0 Å². The fourth-order valence-corrected chi connectivity index (χ4v) is 2.01. The first-order valence-electron chi connectivity index (χ1n) is 5.05. The van der Waals surface area contributed by atoms with Gasteiger partial charge in [0, 0.05) is 0 Å². The minimum Gasteiger partial charge on any atom is -0.368 e. The van der Waals surface area contributed by atoms with Crippen molar-refractivity contribution in [2.24, 2.45) is 5.73 Å². The van der Waals surface area contributed by atoms with Crippen LogP contribution in [0.4, 0.5) is 0 Å². The van der Waals surface area contributed by atoms with Gasteiger partial charge in [0.25, 0.3) is 5.56 Å². The van der Waals surface area contributed by atoms with E-state index in [4.69, 9.17) is 18.0 Å². The molecule has 0 aliphatic rings. The first-order valence-corrected chi connectivity index (χ1v) is 5.46. The van der Waals surface area contributed by atoms with Gasteiger partial charge < -0.3 is 10.7 Å². The predicted molar refractivity (Wildman–Crippen MR) is 67.3 cm³/mol. The lowest BCUT2D eigenvalue weighted by Gasteiger charge is -2.12. The van der Waals surface area contributed by atoms with Crippen LogP contribution in [0, 0.1) is 4.77 Å². The molecule has 1 amide bonds. The second-order valence-corrected chi connectivity index (χ2v) is 4.12. The first kappa shape index (κ1) is 11.5. The van der Waals surface area contributed by atoms with E-state index < -0.39 is 11.9 Å². The maximum absolute atomic E-state index is 12.2. The van der Waals surface area contributed by atoms with Crippen LogP contribution in [-0.2, 0) is 4.79 Å². The highest BCUT2D eigenvalue weighted by molar-refractivity contribution is 7.71. The Balaban J connectivity index is 2.86. The van der Waals surface area contributed by atoms with Crippen LogP contribution in [0.5, 0.6) is 0 Å². The standard InChI is InChI=1S/C11H11N3O2S/c1-6(9(12)15)14-10(16)7-4-2-3-5-8(7)13-11(14)17/h2-6H,1H3,(H2,12,15)(H,13,17). The van der Waals surface area contributed by atoms with E-state index in [2.05, 4.69) is 4.98 Å². The Morgan fingerprint density at radius 3 is 2.76 bits per heavy atom. The van der Waals surface area contributed by atoms with Crippen LogP contribution >= 0.6 is 12.2 Å². The van der Waals surface area contributed by atoms with Gasteiger partial charge in [-0.05, 0) is 31.3 Å². The molecule has 0 saturated carbocycles. The molecule has 88 valence electrons. The molecule has 2 rings (SSSR count). The number of aromatic nitrogens is 2. The number of hydrogen-bond donors (Lipinski definition) is 2. The lowest BCUT2D eigenvalue weighted by molar-refractivity contribution is -0.120. The van der Waals surface area contributed by atoms with E-state index in [9.17, 15) is 9.59 Å². The van der Waals surface area contributed by atoms with Gasteiger partial charge in [-0.15, -0.1) is 0 Å². The highest BCUT2D eigenvalue weighted by atomic mass is 32.1. The van der Waals surface area contributed by atoms with E-state index in [1.54, 1.807) is 31.2 Å². The van der Waals surface area contributed by atoms with Gasteiger partial charge in [0.2, 0.25) is 5.91 Å². The largest absolute Gasteiger partial charge is 0.368 e. The Kier molecular flexibility index (Phi) is 2.81. The van der Waals surface area contributed by atoms with Crippen LogP contribution in [-0.4, -0.2) is 15.5 Å². The summed E-state index contributed by atoms with van der Waals surface area (Å²) in [5, 5.41) is 0.481. The zero-order valence-corrected chi connectivity index (χ0v) is 9.95. The lowest BCUT2D eigenvalue weighted by Crippen LogP contribution is -2.33. The second-order valence-electron chi connectivity index (χ2n) is 3.73. The van der Waals surface area contributed by atoms with E-state index in [-0.39, 0.29) is 10.3 Å². The molecule has 1 aromatic carbocycles. The van der Waals surface area contributed by atoms with Gasteiger partial charge in [-0.1, -0.05) is 12.1 Å². The summed E-state index contributed by atoms with van der Waals surface area (Å²) >= 11 is 5.06. The number of fused-ring (bicyclic) bond motifs is 1. The van der Waals surface area contributed by atoms with Crippen molar-refractivity contribution in [3.63, 3.8) is 0 Å². The van der Waals surface area contributed by atoms with Crippen LogP contribution < -0.4 is 11.3 Å². The van der Waals surface area contributed by atoms with Gasteiger partial charge in [-0.25, -0.2) is 0 Å². The number of nitrogens with zero attached hydrogens (tertiary/aromatic N) is 1. The normalized spacial score (nSPS) is 12.5. The van der Waals surface area contributed by atoms with Crippen LogP contribution in [0.15, 0.2) is 29.1 Å². The van der Waals surface area contributed by atoms with Crippen molar-refractivity contribution in [2.45, 2.75) is 13.0 Å². The highest BCUT2D eigenvalue weighted by Gasteiger charge is 2.15. The Labute approximate surface area is 102 Å². The quantitative estimate of drug-likeness (QED) is 0.782. The molecular formula is C11H11N3O2S. The molecule has 0 radical (unpaired) electrons.